The molecule has 0 saturated carbocycles. The van der Waals surface area contributed by atoms with Gasteiger partial charge in [0.15, 0.2) is 11.5 Å². The topological polar surface area (TPSA) is 77.4 Å². The first-order valence-corrected chi connectivity index (χ1v) is 8.56. The monoisotopic (exact) mass is 378 g/mol. The molecule has 4 rings (SSSR count). The first kappa shape index (κ1) is 18.5. The molecule has 2 aliphatic heterocycles. The molecule has 0 bridgehead atoms. The Morgan fingerprint density at radius 3 is 2.88 bits per heavy atom. The molecule has 2 N–H and O–H groups in total. The summed E-state index contributed by atoms with van der Waals surface area (Å²) in [4.78, 5) is 12.7. The number of hydrogen-bond donors (Lipinski definition) is 2. The van der Waals surface area contributed by atoms with Crippen LogP contribution in [0.1, 0.15) is 17.0 Å². The van der Waals surface area contributed by atoms with Gasteiger partial charge in [-0.2, -0.15) is 5.10 Å². The van der Waals surface area contributed by atoms with Crippen LogP contribution in [0.3, 0.4) is 0 Å². The van der Waals surface area contributed by atoms with Gasteiger partial charge < -0.3 is 20.1 Å². The minimum absolute atomic E-state index is 0. The van der Waals surface area contributed by atoms with E-state index in [1.807, 2.05) is 37.6 Å². The summed E-state index contributed by atoms with van der Waals surface area (Å²) in [6, 6.07) is 5.78. The number of benzene rings is 1. The summed E-state index contributed by atoms with van der Waals surface area (Å²) in [5.41, 5.74) is 2.11. The average Bonchev–Trinajstić information content (AvgIpc) is 3.28. The van der Waals surface area contributed by atoms with E-state index >= 15 is 0 Å². The number of halogens is 1. The second kappa shape index (κ2) is 7.97. The number of ether oxygens (including phenoxy) is 2. The van der Waals surface area contributed by atoms with E-state index < -0.39 is 0 Å². The molecule has 2 aliphatic rings. The van der Waals surface area contributed by atoms with Crippen molar-refractivity contribution in [1.29, 1.82) is 0 Å². The third-order valence-corrected chi connectivity index (χ3v) is 4.78. The summed E-state index contributed by atoms with van der Waals surface area (Å²) in [6.45, 7) is 3.10. The van der Waals surface area contributed by atoms with Crippen molar-refractivity contribution in [3.8, 4) is 11.5 Å². The van der Waals surface area contributed by atoms with E-state index in [1.54, 1.807) is 4.68 Å². The minimum atomic E-state index is -0.0820. The van der Waals surface area contributed by atoms with Crippen LogP contribution < -0.4 is 20.1 Å². The Hall–Kier alpha value is -2.25. The molecular weight excluding hydrogens is 356 g/mol. The van der Waals surface area contributed by atoms with Gasteiger partial charge in [0.05, 0.1) is 12.1 Å². The second-order valence-electron chi connectivity index (χ2n) is 6.51. The van der Waals surface area contributed by atoms with Crippen molar-refractivity contribution in [3.63, 3.8) is 0 Å². The normalized spacial score (nSPS) is 21.1. The Balaban J connectivity index is 0.00000196. The molecule has 0 spiro atoms. The summed E-state index contributed by atoms with van der Waals surface area (Å²) in [5, 5.41) is 10.6. The third-order valence-electron chi connectivity index (χ3n) is 4.78. The first-order valence-electron chi connectivity index (χ1n) is 8.56. The molecule has 26 heavy (non-hydrogen) atoms. The number of carbonyl (C=O) groups is 1. The molecule has 1 amide bonds. The number of hydrogen-bond acceptors (Lipinski definition) is 5. The molecule has 8 heteroatoms. The van der Waals surface area contributed by atoms with Gasteiger partial charge >= 0.3 is 0 Å². The van der Waals surface area contributed by atoms with Gasteiger partial charge in [0.1, 0.15) is 13.2 Å². The molecule has 0 radical (unpaired) electrons. The van der Waals surface area contributed by atoms with Crippen molar-refractivity contribution in [2.45, 2.75) is 12.5 Å². The van der Waals surface area contributed by atoms with Gasteiger partial charge in [-0.25, -0.2) is 0 Å². The number of fused-ring (bicyclic) bond motifs is 1. The van der Waals surface area contributed by atoms with E-state index in [-0.39, 0.29) is 30.2 Å². The predicted molar refractivity (Wildman–Crippen MR) is 98.8 cm³/mol. The highest BCUT2D eigenvalue weighted by Gasteiger charge is 2.34. The van der Waals surface area contributed by atoms with Crippen LogP contribution in [0.25, 0.3) is 0 Å². The summed E-state index contributed by atoms with van der Waals surface area (Å²) in [5.74, 6) is 1.65. The molecule has 0 aliphatic carbocycles. The average molecular weight is 379 g/mol. The van der Waals surface area contributed by atoms with E-state index in [4.69, 9.17) is 9.47 Å². The summed E-state index contributed by atoms with van der Waals surface area (Å²) >= 11 is 0. The zero-order valence-corrected chi connectivity index (χ0v) is 15.4. The Labute approximate surface area is 158 Å². The van der Waals surface area contributed by atoms with E-state index in [0.29, 0.717) is 26.3 Å². The van der Waals surface area contributed by atoms with Crippen LogP contribution in [-0.2, 0) is 18.4 Å². The Kier molecular flexibility index (Phi) is 5.68. The molecule has 1 aromatic carbocycles. The summed E-state index contributed by atoms with van der Waals surface area (Å²) in [6.07, 6.45) is 3.83. The number of aromatic nitrogens is 2. The van der Waals surface area contributed by atoms with Gasteiger partial charge in [-0.05, 0) is 23.3 Å². The number of nitrogens with zero attached hydrogens (tertiary/aromatic N) is 2. The highest BCUT2D eigenvalue weighted by Crippen LogP contribution is 2.31. The number of rotatable bonds is 4. The molecule has 3 heterocycles. The quantitative estimate of drug-likeness (QED) is 0.836. The summed E-state index contributed by atoms with van der Waals surface area (Å²) in [7, 11) is 1.89. The van der Waals surface area contributed by atoms with Crippen molar-refractivity contribution in [3.05, 3.63) is 41.7 Å². The van der Waals surface area contributed by atoms with Crippen molar-refractivity contribution in [2.24, 2.45) is 13.0 Å². The molecule has 2 aromatic rings. The highest BCUT2D eigenvalue weighted by molar-refractivity contribution is 5.85. The fourth-order valence-electron chi connectivity index (χ4n) is 3.45. The fourth-order valence-corrected chi connectivity index (χ4v) is 3.45. The third kappa shape index (κ3) is 3.78. The number of amides is 1. The summed E-state index contributed by atoms with van der Waals surface area (Å²) < 4.78 is 12.9. The molecule has 1 fully saturated rings. The highest BCUT2D eigenvalue weighted by atomic mass is 35.5. The van der Waals surface area contributed by atoms with Crippen LogP contribution >= 0.6 is 12.4 Å². The first-order chi connectivity index (χ1) is 12.2. The van der Waals surface area contributed by atoms with Gasteiger partial charge in [0, 0.05) is 38.8 Å². The molecule has 2 atom stereocenters. The second-order valence-corrected chi connectivity index (χ2v) is 6.51. The molecule has 140 valence electrons. The fraction of sp³-hybridized carbons (Fsp3) is 0.444. The maximum Gasteiger partial charge on any atom is 0.225 e. The minimum Gasteiger partial charge on any atom is -0.486 e. The lowest BCUT2D eigenvalue weighted by Crippen LogP contribution is -2.34. The lowest BCUT2D eigenvalue weighted by molar-refractivity contribution is -0.125. The van der Waals surface area contributed by atoms with Crippen LogP contribution in [0.2, 0.25) is 0 Å². The predicted octanol–water partition coefficient (Wildman–Crippen LogP) is 1.23. The largest absolute Gasteiger partial charge is 0.486 e. The SMILES string of the molecule is Cl.Cn1cc([C@H]2CNC[C@@H]2C(=O)NCc2ccc3c(c2)OCCO3)cn1. The van der Waals surface area contributed by atoms with Gasteiger partial charge in [-0.1, -0.05) is 6.07 Å². The van der Waals surface area contributed by atoms with Crippen LogP contribution in [0.4, 0.5) is 0 Å². The van der Waals surface area contributed by atoms with E-state index in [9.17, 15) is 4.79 Å². The number of carbonyl (C=O) groups excluding carboxylic acids is 1. The number of aryl methyl sites for hydroxylation is 1. The Morgan fingerprint density at radius 1 is 1.31 bits per heavy atom. The lowest BCUT2D eigenvalue weighted by Gasteiger charge is -2.20. The lowest BCUT2D eigenvalue weighted by atomic mass is 9.90. The zero-order valence-electron chi connectivity index (χ0n) is 14.6. The van der Waals surface area contributed by atoms with E-state index in [1.165, 1.54) is 0 Å². The standard InChI is InChI=1S/C18H22N4O3.ClH/c1-22-11-13(8-21-22)14-9-19-10-15(14)18(23)20-7-12-2-3-16-17(6-12)25-5-4-24-16;/h2-3,6,8,11,14-15,19H,4-5,7,9-10H2,1H3,(H,20,23);1H/t14-,15+;/m1./s1. The molecule has 1 saturated heterocycles. The van der Waals surface area contributed by atoms with Crippen molar-refractivity contribution in [1.82, 2.24) is 20.4 Å². The molecule has 1 aromatic heterocycles. The van der Waals surface area contributed by atoms with Gasteiger partial charge in [0.2, 0.25) is 5.91 Å². The van der Waals surface area contributed by atoms with Crippen LogP contribution in [-0.4, -0.2) is 42.0 Å². The van der Waals surface area contributed by atoms with Crippen LogP contribution in [0.5, 0.6) is 11.5 Å². The zero-order chi connectivity index (χ0) is 17.2. The van der Waals surface area contributed by atoms with Crippen molar-refractivity contribution < 1.29 is 14.3 Å². The molecule has 0 unspecified atom stereocenters. The van der Waals surface area contributed by atoms with Crippen LogP contribution in [0.15, 0.2) is 30.6 Å². The molecular formula is C18H23ClN4O3. The van der Waals surface area contributed by atoms with Crippen molar-refractivity contribution >= 4 is 18.3 Å². The van der Waals surface area contributed by atoms with Crippen LogP contribution in [0, 0.1) is 5.92 Å². The Morgan fingerprint density at radius 2 is 2.12 bits per heavy atom. The smallest absolute Gasteiger partial charge is 0.225 e. The maximum absolute atomic E-state index is 12.7. The maximum atomic E-state index is 12.7. The van der Waals surface area contributed by atoms with E-state index in [0.717, 1.165) is 29.2 Å². The van der Waals surface area contributed by atoms with Gasteiger partial charge in [-0.15, -0.1) is 12.4 Å². The van der Waals surface area contributed by atoms with E-state index in [2.05, 4.69) is 15.7 Å². The molecule has 7 nitrogen and oxygen atoms in total. The number of nitrogens with one attached hydrogen (secondary N) is 2. The van der Waals surface area contributed by atoms with Crippen molar-refractivity contribution in [2.75, 3.05) is 26.3 Å². The van der Waals surface area contributed by atoms with Gasteiger partial charge in [0.25, 0.3) is 0 Å². The Bertz CT molecular complexity index is 780. The van der Waals surface area contributed by atoms with Gasteiger partial charge in [-0.3, -0.25) is 9.48 Å².